The zero-order valence-corrected chi connectivity index (χ0v) is 22.0. The second-order valence-corrected chi connectivity index (χ2v) is 9.89. The van der Waals surface area contributed by atoms with Gasteiger partial charge in [0.2, 0.25) is 0 Å². The third kappa shape index (κ3) is 6.75. The molecule has 37 heavy (non-hydrogen) atoms. The summed E-state index contributed by atoms with van der Waals surface area (Å²) in [5.74, 6) is -0.399. The minimum absolute atomic E-state index is 0.0959. The highest BCUT2D eigenvalue weighted by atomic mass is 32.2. The van der Waals surface area contributed by atoms with Crippen molar-refractivity contribution >= 4 is 51.9 Å². The fourth-order valence-corrected chi connectivity index (χ4v) is 4.88. The largest absolute Gasteiger partial charge is 0.490 e. The topological polar surface area (TPSA) is 67.9 Å². The third-order valence-corrected chi connectivity index (χ3v) is 6.75. The number of thiocarbonyl (C=S) groups is 1. The normalized spacial score (nSPS) is 14.2. The number of hydrogen-bond acceptors (Lipinski definition) is 6. The molecule has 3 aromatic carbocycles. The molecule has 0 saturated carbocycles. The molecule has 9 heteroatoms. The summed E-state index contributed by atoms with van der Waals surface area (Å²) in [6, 6.07) is 19.3. The van der Waals surface area contributed by atoms with Crippen molar-refractivity contribution in [1.82, 2.24) is 4.90 Å². The first kappa shape index (κ1) is 26.4. The van der Waals surface area contributed by atoms with E-state index in [2.05, 4.69) is 5.32 Å². The molecule has 1 N–H and O–H groups in total. The van der Waals surface area contributed by atoms with Gasteiger partial charge in [0, 0.05) is 0 Å². The van der Waals surface area contributed by atoms with Crippen LogP contribution >= 0.6 is 24.0 Å². The molecule has 0 radical (unpaired) electrons. The molecule has 0 atom stereocenters. The number of nitrogens with zero attached hydrogens (tertiary/aromatic N) is 1. The van der Waals surface area contributed by atoms with Crippen LogP contribution in [0.1, 0.15) is 23.6 Å². The Morgan fingerprint density at radius 3 is 2.62 bits per heavy atom. The van der Waals surface area contributed by atoms with Crippen molar-refractivity contribution in [2.45, 2.75) is 20.4 Å². The number of nitrogens with one attached hydrogen (secondary N) is 1. The minimum atomic E-state index is -0.521. The Balaban J connectivity index is 1.44. The summed E-state index contributed by atoms with van der Waals surface area (Å²) in [5.41, 5.74) is 2.64. The van der Waals surface area contributed by atoms with Crippen LogP contribution in [0.3, 0.4) is 0 Å². The number of anilines is 1. The average molecular weight is 537 g/mol. The monoisotopic (exact) mass is 536 g/mol. The Labute approximate surface area is 224 Å². The van der Waals surface area contributed by atoms with Crippen LogP contribution in [0.25, 0.3) is 6.08 Å². The zero-order valence-electron chi connectivity index (χ0n) is 20.3. The fourth-order valence-electron chi connectivity index (χ4n) is 3.62. The van der Waals surface area contributed by atoms with Gasteiger partial charge in [-0.25, -0.2) is 4.39 Å². The SMILES string of the molecule is CCOc1cc(/C=C2/SC(=S)N(Cc3ccccc3)C2=O)ccc1OCC(=O)Nc1cc(C)ccc1F. The third-order valence-electron chi connectivity index (χ3n) is 5.38. The molecule has 0 aromatic heterocycles. The Bertz CT molecular complexity index is 1360. The second kappa shape index (κ2) is 12.0. The van der Waals surface area contributed by atoms with Crippen LogP contribution in [0, 0.1) is 12.7 Å². The maximum absolute atomic E-state index is 13.9. The predicted octanol–water partition coefficient (Wildman–Crippen LogP) is 5.95. The van der Waals surface area contributed by atoms with E-state index in [4.69, 9.17) is 21.7 Å². The van der Waals surface area contributed by atoms with Gasteiger partial charge in [0.15, 0.2) is 18.1 Å². The molecule has 1 aliphatic heterocycles. The van der Waals surface area contributed by atoms with E-state index in [0.717, 1.165) is 16.7 Å². The molecule has 0 unspecified atom stereocenters. The molecule has 1 aliphatic rings. The molecule has 1 heterocycles. The van der Waals surface area contributed by atoms with Crippen molar-refractivity contribution in [2.75, 3.05) is 18.5 Å². The van der Waals surface area contributed by atoms with Crippen LogP contribution in [-0.4, -0.2) is 34.2 Å². The minimum Gasteiger partial charge on any atom is -0.490 e. The summed E-state index contributed by atoms with van der Waals surface area (Å²) >= 11 is 6.69. The highest BCUT2D eigenvalue weighted by molar-refractivity contribution is 8.26. The number of carbonyl (C=O) groups excluding carboxylic acids is 2. The lowest BCUT2D eigenvalue weighted by atomic mass is 10.1. The van der Waals surface area contributed by atoms with E-state index in [1.54, 1.807) is 41.3 Å². The quantitative estimate of drug-likeness (QED) is 0.269. The first-order chi connectivity index (χ1) is 17.8. The highest BCUT2D eigenvalue weighted by Crippen LogP contribution is 2.35. The molecule has 0 aliphatic carbocycles. The van der Waals surface area contributed by atoms with Gasteiger partial charge in [-0.05, 0) is 60.9 Å². The molecule has 6 nitrogen and oxygen atoms in total. The molecular formula is C28H25FN2O4S2. The molecule has 4 rings (SSSR count). The Hall–Kier alpha value is -3.69. The standard InChI is InChI=1S/C28H25FN2O4S2/c1-3-34-24-14-20(15-25-27(33)31(28(36)37-25)16-19-7-5-4-6-8-19)10-12-23(24)35-17-26(32)30-22-13-18(2)9-11-21(22)29/h4-15H,3,16-17H2,1-2H3,(H,30,32)/b25-15+. The van der Waals surface area contributed by atoms with E-state index < -0.39 is 11.7 Å². The van der Waals surface area contributed by atoms with Crippen LogP contribution in [0.5, 0.6) is 11.5 Å². The van der Waals surface area contributed by atoms with Crippen molar-refractivity contribution in [3.8, 4) is 11.5 Å². The first-order valence-electron chi connectivity index (χ1n) is 11.6. The van der Waals surface area contributed by atoms with Gasteiger partial charge in [-0.1, -0.05) is 66.4 Å². The first-order valence-corrected chi connectivity index (χ1v) is 12.8. The summed E-state index contributed by atoms with van der Waals surface area (Å²) < 4.78 is 25.8. The number of thioether (sulfide) groups is 1. The van der Waals surface area contributed by atoms with Crippen LogP contribution in [0.15, 0.2) is 71.6 Å². The van der Waals surface area contributed by atoms with Crippen LogP contribution < -0.4 is 14.8 Å². The number of aryl methyl sites for hydroxylation is 1. The van der Waals surface area contributed by atoms with Gasteiger partial charge in [0.05, 0.1) is 23.7 Å². The molecular weight excluding hydrogens is 511 g/mol. The van der Waals surface area contributed by atoms with Crippen molar-refractivity contribution in [3.63, 3.8) is 0 Å². The van der Waals surface area contributed by atoms with Crippen LogP contribution in [-0.2, 0) is 16.1 Å². The molecule has 0 spiro atoms. The summed E-state index contributed by atoms with van der Waals surface area (Å²) in [4.78, 5) is 27.4. The van der Waals surface area contributed by atoms with Crippen LogP contribution in [0.2, 0.25) is 0 Å². The molecule has 3 aromatic rings. The maximum Gasteiger partial charge on any atom is 0.266 e. The fraction of sp³-hybridized carbons (Fsp3) is 0.179. The Morgan fingerprint density at radius 2 is 1.86 bits per heavy atom. The summed E-state index contributed by atoms with van der Waals surface area (Å²) in [5, 5.41) is 2.52. The van der Waals surface area contributed by atoms with Crippen molar-refractivity contribution in [1.29, 1.82) is 0 Å². The molecule has 2 amide bonds. The van der Waals surface area contributed by atoms with E-state index in [9.17, 15) is 14.0 Å². The van der Waals surface area contributed by atoms with Gasteiger partial charge in [0.1, 0.15) is 10.1 Å². The van der Waals surface area contributed by atoms with E-state index in [-0.39, 0.29) is 18.2 Å². The van der Waals surface area contributed by atoms with Crippen LogP contribution in [0.4, 0.5) is 10.1 Å². The Kier molecular flexibility index (Phi) is 8.58. The Morgan fingerprint density at radius 1 is 1.08 bits per heavy atom. The number of halogens is 1. The molecule has 1 fully saturated rings. The number of amides is 2. The van der Waals surface area contributed by atoms with E-state index in [1.165, 1.54) is 17.8 Å². The van der Waals surface area contributed by atoms with Crippen molar-refractivity contribution < 1.29 is 23.5 Å². The number of hydrogen-bond donors (Lipinski definition) is 1. The summed E-state index contributed by atoms with van der Waals surface area (Å²) in [6.45, 7) is 4.10. The average Bonchev–Trinajstić information content (AvgIpc) is 3.14. The van der Waals surface area contributed by atoms with E-state index >= 15 is 0 Å². The zero-order chi connectivity index (χ0) is 26.4. The second-order valence-electron chi connectivity index (χ2n) is 8.21. The predicted molar refractivity (Wildman–Crippen MR) is 148 cm³/mol. The number of benzene rings is 3. The molecule has 190 valence electrons. The van der Waals surface area contributed by atoms with Gasteiger partial charge in [-0.3, -0.25) is 14.5 Å². The van der Waals surface area contributed by atoms with Crippen molar-refractivity contribution in [3.05, 3.63) is 94.1 Å². The smallest absolute Gasteiger partial charge is 0.266 e. The van der Waals surface area contributed by atoms with E-state index in [1.807, 2.05) is 44.2 Å². The molecule has 0 bridgehead atoms. The number of ether oxygens (including phenoxy) is 2. The van der Waals surface area contributed by atoms with Gasteiger partial charge < -0.3 is 14.8 Å². The lowest BCUT2D eigenvalue weighted by Gasteiger charge is -2.14. The summed E-state index contributed by atoms with van der Waals surface area (Å²) in [6.07, 6.45) is 1.75. The van der Waals surface area contributed by atoms with Gasteiger partial charge in [0.25, 0.3) is 11.8 Å². The lowest BCUT2D eigenvalue weighted by molar-refractivity contribution is -0.122. The number of carbonyl (C=O) groups is 2. The van der Waals surface area contributed by atoms with Gasteiger partial charge in [-0.2, -0.15) is 0 Å². The maximum atomic E-state index is 13.9. The highest BCUT2D eigenvalue weighted by Gasteiger charge is 2.32. The summed E-state index contributed by atoms with van der Waals surface area (Å²) in [7, 11) is 0. The van der Waals surface area contributed by atoms with E-state index in [0.29, 0.717) is 33.9 Å². The molecule has 1 saturated heterocycles. The lowest BCUT2D eigenvalue weighted by Crippen LogP contribution is -2.27. The number of rotatable bonds is 9. The van der Waals surface area contributed by atoms with Gasteiger partial charge in [-0.15, -0.1) is 0 Å². The van der Waals surface area contributed by atoms with Gasteiger partial charge >= 0.3 is 0 Å². The van der Waals surface area contributed by atoms with Crippen molar-refractivity contribution in [2.24, 2.45) is 0 Å².